The molecular weight excluding hydrogens is 391 g/mol. The van der Waals surface area contributed by atoms with Crippen molar-refractivity contribution in [1.82, 2.24) is 0 Å². The van der Waals surface area contributed by atoms with E-state index in [1.807, 2.05) is 0 Å². The van der Waals surface area contributed by atoms with Crippen LogP contribution in [0.5, 0.6) is 5.75 Å². The summed E-state index contributed by atoms with van der Waals surface area (Å²) in [5.74, 6) is -2.45. The van der Waals surface area contributed by atoms with Gasteiger partial charge >= 0.3 is 5.97 Å². The molecule has 1 heterocycles. The smallest absolute Gasteiger partial charge is 0.336 e. The number of rotatable bonds is 5. The second kappa shape index (κ2) is 8.77. The van der Waals surface area contributed by atoms with E-state index in [1.165, 1.54) is 43.4 Å². The molecule has 3 rings (SSSR count). The topological polar surface area (TPSA) is 84.9 Å². The predicted molar refractivity (Wildman–Crippen MR) is 108 cm³/mol. The van der Waals surface area contributed by atoms with Crippen molar-refractivity contribution in [2.24, 2.45) is 5.92 Å². The average molecular weight is 412 g/mol. The fourth-order valence-corrected chi connectivity index (χ4v) is 3.38. The molecule has 8 heteroatoms. The molecule has 1 aliphatic heterocycles. The number of carbonyl (C=O) groups excluding carboxylic acids is 3. The summed E-state index contributed by atoms with van der Waals surface area (Å²) in [6.07, 6.45) is -0.235. The summed E-state index contributed by atoms with van der Waals surface area (Å²) >= 11 is 0. The fraction of sp³-hybridized carbons (Fsp3) is 0.227. The number of nitrogens with one attached hydrogen (secondary N) is 1. The first-order valence-corrected chi connectivity index (χ1v) is 9.18. The number of carbonyl (C=O) groups is 3. The predicted octanol–water partition coefficient (Wildman–Crippen LogP) is 3.27. The summed E-state index contributed by atoms with van der Waals surface area (Å²) in [5, 5.41) is 2.72. The van der Waals surface area contributed by atoms with Gasteiger partial charge in [-0.2, -0.15) is 0 Å². The number of hydrogen-bond donors (Lipinski definition) is 1. The van der Waals surface area contributed by atoms with Gasteiger partial charge in [0.2, 0.25) is 11.8 Å². The van der Waals surface area contributed by atoms with Gasteiger partial charge in [0.15, 0.2) is 0 Å². The number of nitrogens with zero attached hydrogens (tertiary/aromatic N) is 1. The van der Waals surface area contributed by atoms with Gasteiger partial charge in [-0.25, -0.2) is 9.18 Å². The number of allylic oxidation sites excluding steroid dienone is 1. The van der Waals surface area contributed by atoms with Gasteiger partial charge in [0.1, 0.15) is 11.6 Å². The Balaban J connectivity index is 1.95. The first kappa shape index (κ1) is 21.0. The zero-order chi connectivity index (χ0) is 21.8. The van der Waals surface area contributed by atoms with E-state index in [9.17, 15) is 18.8 Å². The number of halogens is 1. The van der Waals surface area contributed by atoms with Gasteiger partial charge in [0.05, 0.1) is 25.7 Å². The van der Waals surface area contributed by atoms with Crippen LogP contribution in [0.4, 0.5) is 15.8 Å². The van der Waals surface area contributed by atoms with Crippen LogP contribution in [0.1, 0.15) is 13.3 Å². The van der Waals surface area contributed by atoms with Crippen LogP contribution >= 0.6 is 0 Å². The molecule has 0 aromatic heterocycles. The molecule has 0 unspecified atom stereocenters. The Morgan fingerprint density at radius 1 is 1.07 bits per heavy atom. The number of anilines is 2. The lowest BCUT2D eigenvalue weighted by Gasteiger charge is -2.33. The standard InChI is InChI=1S/C22H21FN2O5/c1-13-20(22(28)30-3)18(21(27)24-15-6-10-17(29-2)11-7-15)12-19(26)25(13)16-8-4-14(23)5-9-16/h4-11,18H,12H2,1-3H3,(H,24,27)/t18-/m1/s1. The molecule has 0 bridgehead atoms. The van der Waals surface area contributed by atoms with Crippen LogP contribution < -0.4 is 15.0 Å². The number of amides is 2. The third kappa shape index (κ3) is 4.17. The molecule has 156 valence electrons. The second-order valence-electron chi connectivity index (χ2n) is 6.67. The lowest BCUT2D eigenvalue weighted by molar-refractivity contribution is -0.138. The molecule has 2 aromatic carbocycles. The van der Waals surface area contributed by atoms with E-state index in [1.54, 1.807) is 31.2 Å². The van der Waals surface area contributed by atoms with Crippen molar-refractivity contribution in [3.63, 3.8) is 0 Å². The maximum Gasteiger partial charge on any atom is 0.336 e. The molecule has 2 amide bonds. The highest BCUT2D eigenvalue weighted by Gasteiger charge is 2.40. The highest BCUT2D eigenvalue weighted by Crippen LogP contribution is 2.34. The van der Waals surface area contributed by atoms with Crippen LogP contribution in [0, 0.1) is 11.7 Å². The van der Waals surface area contributed by atoms with E-state index in [0.29, 0.717) is 17.1 Å². The lowest BCUT2D eigenvalue weighted by Crippen LogP contribution is -2.43. The van der Waals surface area contributed by atoms with Gasteiger partial charge in [0.25, 0.3) is 0 Å². The Labute approximate surface area is 173 Å². The summed E-state index contributed by atoms with van der Waals surface area (Å²) in [4.78, 5) is 39.6. The molecule has 0 saturated heterocycles. The highest BCUT2D eigenvalue weighted by molar-refractivity contribution is 6.10. The summed E-state index contributed by atoms with van der Waals surface area (Å²) in [7, 11) is 2.74. The highest BCUT2D eigenvalue weighted by atomic mass is 19.1. The molecule has 2 aromatic rings. The lowest BCUT2D eigenvalue weighted by atomic mass is 9.88. The first-order chi connectivity index (χ1) is 14.3. The molecule has 30 heavy (non-hydrogen) atoms. The van der Waals surface area contributed by atoms with Gasteiger partial charge in [-0.3, -0.25) is 14.5 Å². The SMILES string of the molecule is COC(=O)C1=C(C)N(c2ccc(F)cc2)C(=O)C[C@H]1C(=O)Nc1ccc(OC)cc1. The maximum absolute atomic E-state index is 13.3. The Hall–Kier alpha value is -3.68. The fourth-order valence-electron chi connectivity index (χ4n) is 3.38. The van der Waals surface area contributed by atoms with Crippen LogP contribution in [0.3, 0.4) is 0 Å². The minimum atomic E-state index is -1.02. The molecule has 1 N–H and O–H groups in total. The van der Waals surface area contributed by atoms with Crippen molar-refractivity contribution in [1.29, 1.82) is 0 Å². The normalized spacial score (nSPS) is 16.3. The number of ether oxygens (including phenoxy) is 2. The number of benzene rings is 2. The Morgan fingerprint density at radius 3 is 2.27 bits per heavy atom. The molecule has 1 aliphatic rings. The number of hydrogen-bond acceptors (Lipinski definition) is 5. The van der Waals surface area contributed by atoms with E-state index < -0.39 is 23.6 Å². The maximum atomic E-state index is 13.3. The second-order valence-corrected chi connectivity index (χ2v) is 6.67. The molecule has 0 fully saturated rings. The average Bonchev–Trinajstić information content (AvgIpc) is 2.74. The van der Waals surface area contributed by atoms with Crippen molar-refractivity contribution < 1.29 is 28.2 Å². The Kier molecular flexibility index (Phi) is 6.15. The third-order valence-electron chi connectivity index (χ3n) is 4.87. The molecule has 0 aliphatic carbocycles. The largest absolute Gasteiger partial charge is 0.497 e. The van der Waals surface area contributed by atoms with Crippen molar-refractivity contribution in [2.75, 3.05) is 24.4 Å². The van der Waals surface area contributed by atoms with Crippen LogP contribution in [0.2, 0.25) is 0 Å². The molecule has 0 saturated carbocycles. The van der Waals surface area contributed by atoms with E-state index >= 15 is 0 Å². The van der Waals surface area contributed by atoms with E-state index in [2.05, 4.69) is 5.32 Å². The first-order valence-electron chi connectivity index (χ1n) is 9.18. The molecule has 1 atom stereocenters. The summed E-state index contributed by atoms with van der Waals surface area (Å²) in [6, 6.07) is 12.0. The van der Waals surface area contributed by atoms with Crippen LogP contribution in [0.25, 0.3) is 0 Å². The third-order valence-corrected chi connectivity index (χ3v) is 4.87. The van der Waals surface area contributed by atoms with Gasteiger partial charge < -0.3 is 14.8 Å². The Morgan fingerprint density at radius 2 is 1.70 bits per heavy atom. The van der Waals surface area contributed by atoms with Gasteiger partial charge in [0, 0.05) is 23.5 Å². The molecule has 0 spiro atoms. The minimum absolute atomic E-state index is 0.0763. The molecular formula is C22H21FN2O5. The number of esters is 1. The summed E-state index contributed by atoms with van der Waals surface area (Å²) in [5.41, 5.74) is 1.23. The van der Waals surface area contributed by atoms with Crippen LogP contribution in [0.15, 0.2) is 59.8 Å². The van der Waals surface area contributed by atoms with Crippen LogP contribution in [-0.4, -0.2) is 32.0 Å². The monoisotopic (exact) mass is 412 g/mol. The quantitative estimate of drug-likeness (QED) is 0.762. The van der Waals surface area contributed by atoms with Gasteiger partial charge in [-0.15, -0.1) is 0 Å². The summed E-state index contributed by atoms with van der Waals surface area (Å²) < 4.78 is 23.2. The molecule has 0 radical (unpaired) electrons. The van der Waals surface area contributed by atoms with E-state index in [0.717, 1.165) is 0 Å². The van der Waals surface area contributed by atoms with Crippen molar-refractivity contribution in [3.05, 3.63) is 65.6 Å². The zero-order valence-electron chi connectivity index (χ0n) is 16.8. The van der Waals surface area contributed by atoms with Gasteiger partial charge in [-0.05, 0) is 55.5 Å². The minimum Gasteiger partial charge on any atom is -0.497 e. The summed E-state index contributed by atoms with van der Waals surface area (Å²) in [6.45, 7) is 1.56. The van der Waals surface area contributed by atoms with Crippen molar-refractivity contribution in [2.45, 2.75) is 13.3 Å². The van der Waals surface area contributed by atoms with E-state index in [-0.39, 0.29) is 23.6 Å². The zero-order valence-corrected chi connectivity index (χ0v) is 16.8. The molecule has 7 nitrogen and oxygen atoms in total. The van der Waals surface area contributed by atoms with Gasteiger partial charge in [-0.1, -0.05) is 0 Å². The van der Waals surface area contributed by atoms with E-state index in [4.69, 9.17) is 9.47 Å². The number of methoxy groups -OCH3 is 2. The van der Waals surface area contributed by atoms with Crippen molar-refractivity contribution in [3.8, 4) is 5.75 Å². The van der Waals surface area contributed by atoms with Crippen molar-refractivity contribution >= 4 is 29.2 Å². The Bertz CT molecular complexity index is 999. The van der Waals surface area contributed by atoms with Crippen LogP contribution in [-0.2, 0) is 19.1 Å².